The molecule has 0 saturated heterocycles. The Morgan fingerprint density at radius 1 is 1.00 bits per heavy atom. The van der Waals surface area contributed by atoms with E-state index in [2.05, 4.69) is 17.5 Å². The first-order chi connectivity index (χ1) is 8.31. The van der Waals surface area contributed by atoms with Crippen LogP contribution in [0.3, 0.4) is 0 Å². The molecule has 3 atom stereocenters. The van der Waals surface area contributed by atoms with Gasteiger partial charge in [0.05, 0.1) is 6.10 Å². The second-order valence-corrected chi connectivity index (χ2v) is 6.37. The van der Waals surface area contributed by atoms with E-state index in [0.29, 0.717) is 0 Å². The minimum Gasteiger partial charge on any atom is -0.393 e. The third-order valence-corrected chi connectivity index (χ3v) is 5.07. The van der Waals surface area contributed by atoms with Crippen LogP contribution in [0.5, 0.6) is 0 Å². The lowest BCUT2D eigenvalue weighted by atomic mass is 9.87. The Kier molecular flexibility index (Phi) is 3.53. The van der Waals surface area contributed by atoms with E-state index in [9.17, 15) is 5.11 Å². The lowest BCUT2D eigenvalue weighted by Crippen LogP contribution is -2.32. The Morgan fingerprint density at radius 2 is 1.82 bits per heavy atom. The standard InChI is InChI=1S/C15H25NO/c17-15-5-2-11(3-6-15)9-16-10-14-8-12-1-4-13(14)7-12/h1,4,11-17H,2-3,5-10H2. The number of hydrogen-bond donors (Lipinski definition) is 2. The number of aliphatic hydroxyl groups is 1. The number of allylic oxidation sites excluding steroid dienone is 2. The summed E-state index contributed by atoms with van der Waals surface area (Å²) in [5, 5.41) is 13.1. The molecule has 0 aromatic heterocycles. The van der Waals surface area contributed by atoms with Gasteiger partial charge in [0.1, 0.15) is 0 Å². The van der Waals surface area contributed by atoms with Crippen LogP contribution in [0.25, 0.3) is 0 Å². The van der Waals surface area contributed by atoms with Gasteiger partial charge in [-0.1, -0.05) is 12.2 Å². The predicted molar refractivity (Wildman–Crippen MR) is 69.7 cm³/mol. The van der Waals surface area contributed by atoms with Crippen molar-refractivity contribution in [1.29, 1.82) is 0 Å². The molecule has 3 aliphatic rings. The van der Waals surface area contributed by atoms with Crippen molar-refractivity contribution in [2.75, 3.05) is 13.1 Å². The molecular formula is C15H25NO. The van der Waals surface area contributed by atoms with E-state index in [-0.39, 0.29) is 6.10 Å². The molecule has 0 heterocycles. The first-order valence-electron chi connectivity index (χ1n) is 7.38. The van der Waals surface area contributed by atoms with E-state index < -0.39 is 0 Å². The van der Waals surface area contributed by atoms with Crippen LogP contribution in [0, 0.1) is 23.7 Å². The van der Waals surface area contributed by atoms with E-state index in [4.69, 9.17) is 0 Å². The molecule has 2 nitrogen and oxygen atoms in total. The van der Waals surface area contributed by atoms with Crippen molar-refractivity contribution in [3.8, 4) is 0 Å². The van der Waals surface area contributed by atoms with E-state index in [1.165, 1.54) is 38.8 Å². The number of fused-ring (bicyclic) bond motifs is 2. The van der Waals surface area contributed by atoms with Crippen LogP contribution in [-0.4, -0.2) is 24.3 Å². The summed E-state index contributed by atoms with van der Waals surface area (Å²) in [7, 11) is 0. The van der Waals surface area contributed by atoms with Crippen molar-refractivity contribution < 1.29 is 5.11 Å². The molecule has 2 bridgehead atoms. The highest BCUT2D eigenvalue weighted by Crippen LogP contribution is 2.42. The minimum atomic E-state index is -0.0121. The summed E-state index contributed by atoms with van der Waals surface area (Å²) in [6, 6.07) is 0. The third kappa shape index (κ3) is 2.74. The van der Waals surface area contributed by atoms with Gasteiger partial charge in [-0.25, -0.2) is 0 Å². The molecule has 17 heavy (non-hydrogen) atoms. The van der Waals surface area contributed by atoms with Gasteiger partial charge < -0.3 is 10.4 Å². The number of aliphatic hydroxyl groups excluding tert-OH is 1. The van der Waals surface area contributed by atoms with Crippen LogP contribution in [0.15, 0.2) is 12.2 Å². The van der Waals surface area contributed by atoms with Crippen LogP contribution in [0.4, 0.5) is 0 Å². The van der Waals surface area contributed by atoms with E-state index in [0.717, 1.165) is 36.5 Å². The molecule has 0 aromatic carbocycles. The second-order valence-electron chi connectivity index (χ2n) is 6.37. The zero-order valence-corrected chi connectivity index (χ0v) is 10.6. The average molecular weight is 235 g/mol. The zero-order chi connectivity index (χ0) is 11.7. The van der Waals surface area contributed by atoms with E-state index in [1.807, 2.05) is 0 Å². The van der Waals surface area contributed by atoms with Crippen LogP contribution in [0.1, 0.15) is 38.5 Å². The maximum Gasteiger partial charge on any atom is 0.0540 e. The molecule has 0 spiro atoms. The fourth-order valence-electron chi connectivity index (χ4n) is 3.95. The Morgan fingerprint density at radius 3 is 2.47 bits per heavy atom. The van der Waals surface area contributed by atoms with Gasteiger partial charge in [-0.05, 0) is 75.3 Å². The quantitative estimate of drug-likeness (QED) is 0.733. The zero-order valence-electron chi connectivity index (χ0n) is 10.6. The molecule has 0 amide bonds. The molecule has 0 aliphatic heterocycles. The highest BCUT2D eigenvalue weighted by Gasteiger charge is 2.35. The summed E-state index contributed by atoms with van der Waals surface area (Å²) in [6.45, 7) is 2.38. The van der Waals surface area contributed by atoms with Gasteiger partial charge in [0.25, 0.3) is 0 Å². The molecule has 3 unspecified atom stereocenters. The number of hydrogen-bond acceptors (Lipinski definition) is 2. The van der Waals surface area contributed by atoms with Gasteiger partial charge in [-0.3, -0.25) is 0 Å². The fourth-order valence-corrected chi connectivity index (χ4v) is 3.95. The highest BCUT2D eigenvalue weighted by molar-refractivity contribution is 5.10. The fraction of sp³-hybridized carbons (Fsp3) is 0.867. The van der Waals surface area contributed by atoms with Gasteiger partial charge in [0.2, 0.25) is 0 Å². The van der Waals surface area contributed by atoms with Gasteiger partial charge in [-0.15, -0.1) is 0 Å². The monoisotopic (exact) mass is 235 g/mol. The SMILES string of the molecule is OC1CCC(CNCC2CC3C=CC2C3)CC1. The summed E-state index contributed by atoms with van der Waals surface area (Å²) in [4.78, 5) is 0. The van der Waals surface area contributed by atoms with Gasteiger partial charge in [0.15, 0.2) is 0 Å². The maximum atomic E-state index is 9.47. The first kappa shape index (κ1) is 11.7. The Balaban J connectivity index is 1.34. The highest BCUT2D eigenvalue weighted by atomic mass is 16.3. The molecule has 2 fully saturated rings. The van der Waals surface area contributed by atoms with Crippen molar-refractivity contribution in [3.63, 3.8) is 0 Å². The Bertz CT molecular complexity index is 281. The summed E-state index contributed by atoms with van der Waals surface area (Å²) in [5.74, 6) is 3.49. The smallest absolute Gasteiger partial charge is 0.0540 e. The predicted octanol–water partition coefficient (Wildman–Crippen LogP) is 2.34. The Hall–Kier alpha value is -0.340. The van der Waals surface area contributed by atoms with Crippen LogP contribution < -0.4 is 5.32 Å². The molecule has 2 N–H and O–H groups in total. The minimum absolute atomic E-state index is 0.0121. The second kappa shape index (κ2) is 5.11. The molecule has 0 aromatic rings. The molecule has 3 aliphatic carbocycles. The van der Waals surface area contributed by atoms with Crippen molar-refractivity contribution in [1.82, 2.24) is 5.32 Å². The average Bonchev–Trinajstić information content (AvgIpc) is 2.94. The molecular weight excluding hydrogens is 210 g/mol. The topological polar surface area (TPSA) is 32.3 Å². The number of rotatable bonds is 4. The molecule has 3 rings (SSSR count). The Labute approximate surface area is 104 Å². The molecule has 96 valence electrons. The first-order valence-corrected chi connectivity index (χ1v) is 7.38. The van der Waals surface area contributed by atoms with Crippen molar-refractivity contribution in [3.05, 3.63) is 12.2 Å². The normalized spacial score (nSPS) is 44.4. The largest absolute Gasteiger partial charge is 0.393 e. The summed E-state index contributed by atoms with van der Waals surface area (Å²) < 4.78 is 0. The maximum absolute atomic E-state index is 9.47. The third-order valence-electron chi connectivity index (χ3n) is 5.07. The van der Waals surface area contributed by atoms with Gasteiger partial charge in [-0.2, -0.15) is 0 Å². The lowest BCUT2D eigenvalue weighted by Gasteiger charge is -2.26. The van der Waals surface area contributed by atoms with Crippen molar-refractivity contribution >= 4 is 0 Å². The van der Waals surface area contributed by atoms with Crippen LogP contribution in [-0.2, 0) is 0 Å². The van der Waals surface area contributed by atoms with Crippen LogP contribution in [0.2, 0.25) is 0 Å². The van der Waals surface area contributed by atoms with Crippen molar-refractivity contribution in [2.24, 2.45) is 23.7 Å². The van der Waals surface area contributed by atoms with E-state index >= 15 is 0 Å². The lowest BCUT2D eigenvalue weighted by molar-refractivity contribution is 0.108. The van der Waals surface area contributed by atoms with Gasteiger partial charge in [0, 0.05) is 0 Å². The van der Waals surface area contributed by atoms with Crippen molar-refractivity contribution in [2.45, 2.75) is 44.6 Å². The number of nitrogens with one attached hydrogen (secondary N) is 1. The molecule has 0 radical (unpaired) electrons. The van der Waals surface area contributed by atoms with E-state index in [1.54, 1.807) is 0 Å². The summed E-state index contributed by atoms with van der Waals surface area (Å²) in [6.07, 6.45) is 12.1. The van der Waals surface area contributed by atoms with Gasteiger partial charge >= 0.3 is 0 Å². The molecule has 2 heteroatoms. The summed E-state index contributed by atoms with van der Waals surface area (Å²) >= 11 is 0. The summed E-state index contributed by atoms with van der Waals surface area (Å²) in [5.41, 5.74) is 0. The van der Waals surface area contributed by atoms with Crippen LogP contribution >= 0.6 is 0 Å². The molecule has 2 saturated carbocycles.